The second kappa shape index (κ2) is 5.45. The lowest BCUT2D eigenvalue weighted by Gasteiger charge is -2.35. The van der Waals surface area contributed by atoms with Crippen LogP contribution in [0.3, 0.4) is 0 Å². The van der Waals surface area contributed by atoms with Crippen molar-refractivity contribution in [2.45, 2.75) is 49.3 Å². The highest BCUT2D eigenvalue weighted by molar-refractivity contribution is 7.98. The van der Waals surface area contributed by atoms with Crippen LogP contribution >= 0.6 is 11.8 Å². The number of hydrogen-bond acceptors (Lipinski definition) is 3. The normalized spacial score (nSPS) is 18.2. The number of rotatable bonds is 3. The predicted molar refractivity (Wildman–Crippen MR) is 77.0 cm³/mol. The van der Waals surface area contributed by atoms with Gasteiger partial charge in [0, 0.05) is 4.90 Å². The van der Waals surface area contributed by atoms with Crippen LogP contribution in [0.4, 0.5) is 0 Å². The number of carboxylic acid groups (broad SMARTS) is 1. The molecule has 1 aliphatic carbocycles. The van der Waals surface area contributed by atoms with Gasteiger partial charge in [0.2, 0.25) is 0 Å². The van der Waals surface area contributed by atoms with Crippen LogP contribution in [-0.4, -0.2) is 22.4 Å². The van der Waals surface area contributed by atoms with Gasteiger partial charge in [0.25, 0.3) is 0 Å². The second-order valence-electron chi connectivity index (χ2n) is 5.29. The van der Waals surface area contributed by atoms with Crippen molar-refractivity contribution in [1.82, 2.24) is 0 Å². The highest BCUT2D eigenvalue weighted by Gasteiger charge is 2.43. The van der Waals surface area contributed by atoms with E-state index in [9.17, 15) is 15.0 Å². The van der Waals surface area contributed by atoms with Crippen molar-refractivity contribution in [3.05, 3.63) is 23.3 Å². The Labute approximate surface area is 118 Å². The minimum atomic E-state index is -0.818. The Kier molecular flexibility index (Phi) is 4.09. The van der Waals surface area contributed by atoms with Crippen LogP contribution in [0.2, 0.25) is 0 Å². The van der Waals surface area contributed by atoms with E-state index >= 15 is 0 Å². The Hall–Kier alpha value is -1.16. The zero-order valence-electron chi connectivity index (χ0n) is 11.4. The molecule has 1 aromatic carbocycles. The van der Waals surface area contributed by atoms with Gasteiger partial charge >= 0.3 is 5.97 Å². The van der Waals surface area contributed by atoms with Gasteiger partial charge in [-0.3, -0.25) is 4.79 Å². The molecule has 4 heteroatoms. The lowest BCUT2D eigenvalue weighted by Crippen LogP contribution is -2.38. The Morgan fingerprint density at radius 1 is 1.26 bits per heavy atom. The number of carbonyl (C=O) groups is 1. The quantitative estimate of drug-likeness (QED) is 0.829. The van der Waals surface area contributed by atoms with Crippen LogP contribution in [0.5, 0.6) is 5.75 Å². The molecule has 3 nitrogen and oxygen atoms in total. The van der Waals surface area contributed by atoms with Gasteiger partial charge < -0.3 is 10.2 Å². The Bertz CT molecular complexity index is 490. The van der Waals surface area contributed by atoms with Crippen LogP contribution in [0.1, 0.15) is 43.2 Å². The zero-order chi connectivity index (χ0) is 14.0. The summed E-state index contributed by atoms with van der Waals surface area (Å²) >= 11 is 1.55. The van der Waals surface area contributed by atoms with Gasteiger partial charge in [-0.05, 0) is 49.3 Å². The third-order valence-electron chi connectivity index (χ3n) is 4.15. The molecule has 19 heavy (non-hydrogen) atoms. The molecule has 2 N–H and O–H groups in total. The number of thioether (sulfide) groups is 1. The standard InChI is InChI=1S/C15H20O3S/c1-10-8-13(19-2)11(9-12(10)16)15(14(17)18)6-4-3-5-7-15/h8-9,16H,3-7H2,1-2H3,(H,17,18). The first kappa shape index (κ1) is 14.3. The second-order valence-corrected chi connectivity index (χ2v) is 6.13. The number of benzene rings is 1. The number of aliphatic carboxylic acids is 1. The number of phenols is 1. The topological polar surface area (TPSA) is 57.5 Å². The van der Waals surface area contributed by atoms with E-state index in [0.29, 0.717) is 12.8 Å². The van der Waals surface area contributed by atoms with Crippen LogP contribution in [0.15, 0.2) is 17.0 Å². The van der Waals surface area contributed by atoms with E-state index < -0.39 is 11.4 Å². The molecular formula is C15H20O3S. The van der Waals surface area contributed by atoms with Crippen LogP contribution in [0, 0.1) is 6.92 Å². The first-order chi connectivity index (χ1) is 9.01. The summed E-state index contributed by atoms with van der Waals surface area (Å²) in [5.41, 5.74) is 0.765. The van der Waals surface area contributed by atoms with Crippen molar-refractivity contribution in [3.63, 3.8) is 0 Å². The molecule has 0 spiro atoms. The summed E-state index contributed by atoms with van der Waals surface area (Å²) in [6.07, 6.45) is 6.26. The largest absolute Gasteiger partial charge is 0.508 e. The molecule has 1 aliphatic rings. The summed E-state index contributed by atoms with van der Waals surface area (Å²) in [4.78, 5) is 12.8. The van der Waals surface area contributed by atoms with Crippen molar-refractivity contribution in [3.8, 4) is 5.75 Å². The lowest BCUT2D eigenvalue weighted by molar-refractivity contribution is -0.145. The molecule has 0 radical (unpaired) electrons. The molecule has 1 saturated carbocycles. The van der Waals surface area contributed by atoms with E-state index in [4.69, 9.17) is 0 Å². The van der Waals surface area contributed by atoms with E-state index in [1.54, 1.807) is 17.8 Å². The Morgan fingerprint density at radius 2 is 1.89 bits per heavy atom. The fourth-order valence-electron chi connectivity index (χ4n) is 2.97. The Balaban J connectivity index is 2.59. The lowest BCUT2D eigenvalue weighted by atomic mass is 9.69. The smallest absolute Gasteiger partial charge is 0.314 e. The average molecular weight is 280 g/mol. The molecule has 104 valence electrons. The maximum absolute atomic E-state index is 11.9. The molecule has 0 bridgehead atoms. The highest BCUT2D eigenvalue weighted by Crippen LogP contribution is 2.45. The predicted octanol–water partition coefficient (Wildman–Crippen LogP) is 3.71. The third kappa shape index (κ3) is 2.46. The number of hydrogen-bond donors (Lipinski definition) is 2. The molecule has 0 unspecified atom stereocenters. The van der Waals surface area contributed by atoms with E-state index in [-0.39, 0.29) is 5.75 Å². The SMILES string of the molecule is CSc1cc(C)c(O)cc1C1(C(=O)O)CCCCC1. The summed E-state index contributed by atoms with van der Waals surface area (Å²) in [5.74, 6) is -0.565. The van der Waals surface area contributed by atoms with E-state index in [1.807, 2.05) is 19.2 Å². The number of phenolic OH excluding ortho intramolecular Hbond substituents is 1. The number of carboxylic acids is 1. The van der Waals surface area contributed by atoms with E-state index in [1.165, 1.54) is 0 Å². The number of aromatic hydroxyl groups is 1. The number of aryl methyl sites for hydroxylation is 1. The van der Waals surface area contributed by atoms with Gasteiger partial charge in [-0.25, -0.2) is 0 Å². The summed E-state index contributed by atoms with van der Waals surface area (Å²) in [6, 6.07) is 3.56. The van der Waals surface area contributed by atoms with Crippen LogP contribution < -0.4 is 0 Å². The van der Waals surface area contributed by atoms with Crippen molar-refractivity contribution >= 4 is 17.7 Å². The molecule has 1 fully saturated rings. The molecule has 1 aromatic rings. The summed E-state index contributed by atoms with van der Waals surface area (Å²) in [5, 5.41) is 19.7. The van der Waals surface area contributed by atoms with Gasteiger partial charge in [0.1, 0.15) is 5.75 Å². The fourth-order valence-corrected chi connectivity index (χ4v) is 3.74. The van der Waals surface area contributed by atoms with Gasteiger partial charge in [-0.1, -0.05) is 19.3 Å². The maximum atomic E-state index is 11.9. The van der Waals surface area contributed by atoms with Crippen LogP contribution in [-0.2, 0) is 10.2 Å². The van der Waals surface area contributed by atoms with E-state index in [0.717, 1.165) is 35.3 Å². The minimum absolute atomic E-state index is 0.194. The molecule has 0 aromatic heterocycles. The van der Waals surface area contributed by atoms with Crippen molar-refractivity contribution in [2.24, 2.45) is 0 Å². The average Bonchev–Trinajstić information content (AvgIpc) is 2.42. The van der Waals surface area contributed by atoms with E-state index in [2.05, 4.69) is 0 Å². The van der Waals surface area contributed by atoms with Crippen molar-refractivity contribution < 1.29 is 15.0 Å². The molecule has 2 rings (SSSR count). The van der Waals surface area contributed by atoms with Crippen LogP contribution in [0.25, 0.3) is 0 Å². The molecule has 0 amide bonds. The molecular weight excluding hydrogens is 260 g/mol. The zero-order valence-corrected chi connectivity index (χ0v) is 12.2. The summed E-state index contributed by atoms with van der Waals surface area (Å²) in [7, 11) is 0. The third-order valence-corrected chi connectivity index (χ3v) is 4.93. The van der Waals surface area contributed by atoms with Gasteiger partial charge in [0.05, 0.1) is 5.41 Å². The first-order valence-electron chi connectivity index (χ1n) is 6.63. The molecule has 0 atom stereocenters. The Morgan fingerprint density at radius 3 is 2.42 bits per heavy atom. The van der Waals surface area contributed by atoms with Crippen molar-refractivity contribution in [2.75, 3.05) is 6.26 Å². The first-order valence-corrected chi connectivity index (χ1v) is 7.85. The van der Waals surface area contributed by atoms with Crippen molar-refractivity contribution in [1.29, 1.82) is 0 Å². The summed E-state index contributed by atoms with van der Waals surface area (Å²) in [6.45, 7) is 1.84. The minimum Gasteiger partial charge on any atom is -0.508 e. The maximum Gasteiger partial charge on any atom is 0.314 e. The van der Waals surface area contributed by atoms with Gasteiger partial charge in [0.15, 0.2) is 0 Å². The molecule has 0 aliphatic heterocycles. The van der Waals surface area contributed by atoms with Gasteiger partial charge in [-0.2, -0.15) is 0 Å². The fraction of sp³-hybridized carbons (Fsp3) is 0.533. The summed E-state index contributed by atoms with van der Waals surface area (Å²) < 4.78 is 0. The molecule has 0 saturated heterocycles. The van der Waals surface area contributed by atoms with Gasteiger partial charge in [-0.15, -0.1) is 11.8 Å². The molecule has 0 heterocycles. The monoisotopic (exact) mass is 280 g/mol. The highest BCUT2D eigenvalue weighted by atomic mass is 32.2.